The molecule has 37 heavy (non-hydrogen) atoms. The Morgan fingerprint density at radius 2 is 1.86 bits per heavy atom. The van der Waals surface area contributed by atoms with Crippen LogP contribution in [0.3, 0.4) is 0 Å². The van der Waals surface area contributed by atoms with Crippen LogP contribution in [0.15, 0.2) is 47.7 Å². The van der Waals surface area contributed by atoms with Crippen molar-refractivity contribution in [2.24, 2.45) is 5.92 Å². The van der Waals surface area contributed by atoms with E-state index in [4.69, 9.17) is 9.47 Å². The second-order valence-electron chi connectivity index (χ2n) is 12.2. The largest absolute Gasteiger partial charge is 0.504 e. The van der Waals surface area contributed by atoms with Crippen LogP contribution in [0, 0.1) is 5.92 Å². The summed E-state index contributed by atoms with van der Waals surface area (Å²) in [5.41, 5.74) is 6.77. The summed E-state index contributed by atoms with van der Waals surface area (Å²) in [5, 5.41) is 11.0. The summed E-state index contributed by atoms with van der Waals surface area (Å²) in [5.74, 6) is 2.47. The highest BCUT2D eigenvalue weighted by Gasteiger charge is 2.66. The minimum absolute atomic E-state index is 0.0485. The lowest BCUT2D eigenvalue weighted by atomic mass is 9.51. The average Bonchev–Trinajstić information content (AvgIpc) is 3.58. The Bertz CT molecular complexity index is 1280. The van der Waals surface area contributed by atoms with E-state index in [0.29, 0.717) is 23.8 Å². The quantitative estimate of drug-likeness (QED) is 0.663. The number of rotatable bonds is 3. The van der Waals surface area contributed by atoms with E-state index < -0.39 is 0 Å². The number of ether oxygens (including phenoxy) is 2. The fourth-order valence-corrected chi connectivity index (χ4v) is 8.99. The predicted molar refractivity (Wildman–Crippen MR) is 143 cm³/mol. The molecule has 2 aromatic carbocycles. The predicted octanol–water partition coefficient (Wildman–Crippen LogP) is 4.66. The first-order valence-electron chi connectivity index (χ1n) is 14.2. The summed E-state index contributed by atoms with van der Waals surface area (Å²) in [4.78, 5) is 7.89. The van der Waals surface area contributed by atoms with E-state index in [2.05, 4.69) is 52.1 Å². The number of phenolic OH excluding ortho intramolecular Hbond substituents is 1. The Morgan fingerprint density at radius 1 is 1.05 bits per heavy atom. The normalized spacial score (nSPS) is 32.8. The highest BCUT2D eigenvalue weighted by Crippen LogP contribution is 2.65. The van der Waals surface area contributed by atoms with E-state index in [-0.39, 0.29) is 11.5 Å². The molecule has 2 bridgehead atoms. The Balaban J connectivity index is 1.31. The van der Waals surface area contributed by atoms with E-state index in [0.717, 1.165) is 50.5 Å². The number of phenols is 1. The molecule has 1 unspecified atom stereocenters. The first-order chi connectivity index (χ1) is 18.1. The maximum Gasteiger partial charge on any atom is 0.166 e. The molecule has 3 aliphatic carbocycles. The van der Waals surface area contributed by atoms with E-state index in [9.17, 15) is 5.11 Å². The highest BCUT2D eigenvalue weighted by molar-refractivity contribution is 5.66. The smallest absolute Gasteiger partial charge is 0.166 e. The SMILES string of the molecule is COc1ccc(N2CN(C3CCCC3)CC3=C2C2Oc4c(O)ccc5c4[C@@]24CCN(C)[C@H](C5)[C@@H]4C3)cc1. The van der Waals surface area contributed by atoms with Crippen LogP contribution < -0.4 is 14.4 Å². The Morgan fingerprint density at radius 3 is 2.65 bits per heavy atom. The Hall–Kier alpha value is -2.70. The van der Waals surface area contributed by atoms with Crippen LogP contribution in [-0.2, 0) is 11.8 Å². The van der Waals surface area contributed by atoms with E-state index in [1.54, 1.807) is 12.7 Å². The van der Waals surface area contributed by atoms with Crippen molar-refractivity contribution in [2.45, 2.75) is 68.5 Å². The number of nitrogens with zero attached hydrogens (tertiary/aromatic N) is 3. The van der Waals surface area contributed by atoms with Gasteiger partial charge in [-0.2, -0.15) is 0 Å². The summed E-state index contributed by atoms with van der Waals surface area (Å²) in [6.45, 7) is 3.02. The average molecular weight is 500 g/mol. The number of aromatic hydroxyl groups is 1. The van der Waals surface area contributed by atoms with Crippen molar-refractivity contribution in [3.8, 4) is 17.2 Å². The first-order valence-corrected chi connectivity index (χ1v) is 14.2. The van der Waals surface area contributed by atoms with Gasteiger partial charge in [0, 0.05) is 35.3 Å². The third-order valence-electron chi connectivity index (χ3n) is 10.7. The number of likely N-dealkylation sites (tertiary alicyclic amines) is 1. The molecule has 0 radical (unpaired) electrons. The van der Waals surface area contributed by atoms with Crippen molar-refractivity contribution in [1.82, 2.24) is 9.80 Å². The highest BCUT2D eigenvalue weighted by atomic mass is 16.5. The summed E-state index contributed by atoms with van der Waals surface area (Å²) in [7, 11) is 4.04. The second-order valence-corrected chi connectivity index (χ2v) is 12.2. The molecule has 1 saturated carbocycles. The van der Waals surface area contributed by atoms with Crippen molar-refractivity contribution < 1.29 is 14.6 Å². The van der Waals surface area contributed by atoms with Crippen LogP contribution in [0.5, 0.6) is 17.2 Å². The fourth-order valence-electron chi connectivity index (χ4n) is 8.99. The number of methoxy groups -OCH3 is 1. The molecule has 2 fully saturated rings. The zero-order valence-electron chi connectivity index (χ0n) is 21.9. The van der Waals surface area contributed by atoms with Crippen molar-refractivity contribution in [3.63, 3.8) is 0 Å². The number of fused-ring (bicyclic) bond motifs is 1. The van der Waals surface area contributed by atoms with Gasteiger partial charge in [-0.1, -0.05) is 18.9 Å². The molecule has 1 spiro atoms. The maximum absolute atomic E-state index is 11.0. The van der Waals surface area contributed by atoms with Gasteiger partial charge in [-0.3, -0.25) is 4.90 Å². The molecule has 6 aliphatic rings. The minimum Gasteiger partial charge on any atom is -0.504 e. The molecular weight excluding hydrogens is 462 g/mol. The van der Waals surface area contributed by atoms with Gasteiger partial charge in [-0.25, -0.2) is 0 Å². The zero-order valence-corrected chi connectivity index (χ0v) is 21.9. The van der Waals surface area contributed by atoms with Gasteiger partial charge in [0.2, 0.25) is 0 Å². The molecule has 6 nitrogen and oxygen atoms in total. The van der Waals surface area contributed by atoms with Gasteiger partial charge >= 0.3 is 0 Å². The first kappa shape index (κ1) is 22.3. The summed E-state index contributed by atoms with van der Waals surface area (Å²) in [6, 6.07) is 13.8. The molecule has 0 amide bonds. The van der Waals surface area contributed by atoms with Crippen LogP contribution in [0.1, 0.15) is 49.7 Å². The summed E-state index contributed by atoms with van der Waals surface area (Å²) in [6.07, 6.45) is 8.51. The monoisotopic (exact) mass is 499 g/mol. The van der Waals surface area contributed by atoms with Gasteiger partial charge in [0.05, 0.1) is 19.5 Å². The van der Waals surface area contributed by atoms with Crippen molar-refractivity contribution >= 4 is 5.69 Å². The molecular formula is C31H37N3O3. The topological polar surface area (TPSA) is 48.4 Å². The van der Waals surface area contributed by atoms with E-state index in [1.807, 2.05) is 6.07 Å². The molecule has 4 atom stereocenters. The molecule has 0 aromatic heterocycles. The molecule has 2 aromatic rings. The summed E-state index contributed by atoms with van der Waals surface area (Å²) < 4.78 is 12.5. The maximum atomic E-state index is 11.0. The number of hydrogen-bond acceptors (Lipinski definition) is 6. The zero-order chi connectivity index (χ0) is 24.9. The van der Waals surface area contributed by atoms with Crippen LogP contribution in [0.4, 0.5) is 5.69 Å². The van der Waals surface area contributed by atoms with Crippen molar-refractivity contribution in [1.29, 1.82) is 0 Å². The van der Waals surface area contributed by atoms with E-state index >= 15 is 0 Å². The van der Waals surface area contributed by atoms with Crippen LogP contribution >= 0.6 is 0 Å². The van der Waals surface area contributed by atoms with Crippen molar-refractivity contribution in [3.05, 3.63) is 58.8 Å². The third kappa shape index (κ3) is 2.94. The standard InChI is InChI=1S/C31H37N3O3/c1-32-14-13-31-24-15-20-17-33(21-5-3-4-6-21)18-34(22-8-10-23(36-2)11-9-22)28(20)30(31)37-29-26(35)12-7-19(27(29)31)16-25(24)32/h7-12,21,24-25,30,35H,3-6,13-18H2,1-2H3/t24-,25+,30?,31-/m0/s1. The van der Waals surface area contributed by atoms with E-state index in [1.165, 1.54) is 48.2 Å². The van der Waals surface area contributed by atoms with Crippen LogP contribution in [0.2, 0.25) is 0 Å². The van der Waals surface area contributed by atoms with Gasteiger partial charge < -0.3 is 24.4 Å². The third-order valence-corrected chi connectivity index (χ3v) is 10.7. The van der Waals surface area contributed by atoms with Gasteiger partial charge in [0.1, 0.15) is 11.9 Å². The molecule has 1 saturated heterocycles. The number of anilines is 1. The second kappa shape index (κ2) is 7.90. The summed E-state index contributed by atoms with van der Waals surface area (Å²) >= 11 is 0. The number of likely N-dealkylation sites (N-methyl/N-ethyl adjacent to an activating group) is 1. The molecule has 6 heteroatoms. The van der Waals surface area contributed by atoms with Gasteiger partial charge in [0.15, 0.2) is 11.5 Å². The van der Waals surface area contributed by atoms with Gasteiger partial charge in [-0.15, -0.1) is 0 Å². The van der Waals surface area contributed by atoms with Crippen molar-refractivity contribution in [2.75, 3.05) is 38.8 Å². The molecule has 1 N–H and O–H groups in total. The number of benzene rings is 2. The molecule has 8 rings (SSSR count). The van der Waals surface area contributed by atoms with Gasteiger partial charge in [-0.05, 0) is 93.1 Å². The lowest BCUT2D eigenvalue weighted by Gasteiger charge is -2.60. The number of hydrogen-bond donors (Lipinski definition) is 1. The molecule has 194 valence electrons. The Kier molecular flexibility index (Phi) is 4.76. The molecule has 3 aliphatic heterocycles. The lowest BCUT2D eigenvalue weighted by Crippen LogP contribution is -2.66. The van der Waals surface area contributed by atoms with Gasteiger partial charge in [0.25, 0.3) is 0 Å². The Labute approximate surface area is 219 Å². The minimum atomic E-state index is -0.0576. The number of piperidine rings is 1. The fraction of sp³-hybridized carbons (Fsp3) is 0.548. The lowest BCUT2D eigenvalue weighted by molar-refractivity contribution is -0.0165. The van der Waals surface area contributed by atoms with Crippen LogP contribution in [0.25, 0.3) is 0 Å². The van der Waals surface area contributed by atoms with Crippen LogP contribution in [-0.4, -0.2) is 67.0 Å². The molecule has 3 heterocycles.